The Morgan fingerprint density at radius 2 is 1.94 bits per heavy atom. The summed E-state index contributed by atoms with van der Waals surface area (Å²) >= 11 is 0. The van der Waals surface area contributed by atoms with Crippen molar-refractivity contribution < 1.29 is 4.52 Å². The molecule has 0 fully saturated rings. The molecule has 0 saturated heterocycles. The van der Waals surface area contributed by atoms with E-state index in [2.05, 4.69) is 29.6 Å². The van der Waals surface area contributed by atoms with Gasteiger partial charge in [0.25, 0.3) is 0 Å². The smallest absolute Gasteiger partial charge is 0.296 e. The molecule has 0 aromatic carbocycles. The average molecular weight is 241 g/mol. The van der Waals surface area contributed by atoms with E-state index in [0.29, 0.717) is 11.5 Å². The number of nitrogens with zero attached hydrogens (tertiary/aromatic N) is 4. The molecule has 0 saturated carbocycles. The molecule has 3 rings (SSSR count). The topological polar surface area (TPSA) is 97.6 Å². The Morgan fingerprint density at radius 1 is 1.11 bits per heavy atom. The van der Waals surface area contributed by atoms with Gasteiger partial charge < -0.3 is 0 Å². The van der Waals surface area contributed by atoms with Crippen LogP contribution in [0.5, 0.6) is 0 Å². The van der Waals surface area contributed by atoms with E-state index in [1.165, 1.54) is 0 Å². The molecule has 18 heavy (non-hydrogen) atoms. The largest absolute Gasteiger partial charge is 0.439 e. The summed E-state index contributed by atoms with van der Waals surface area (Å²) in [5, 5.41) is 3.58. The van der Waals surface area contributed by atoms with Crippen molar-refractivity contribution in [3.8, 4) is 22.9 Å². The van der Waals surface area contributed by atoms with Gasteiger partial charge in [-0.25, -0.2) is 14.8 Å². The molecule has 0 aliphatic carbocycles. The highest BCUT2D eigenvalue weighted by Gasteiger charge is 2.08. The van der Waals surface area contributed by atoms with Crippen LogP contribution in [0.4, 0.5) is 0 Å². The minimum atomic E-state index is -0.617. The lowest BCUT2D eigenvalue weighted by molar-refractivity contribution is 0.387. The fraction of sp³-hybridized carbons (Fsp3) is 0. The maximum atomic E-state index is 10.9. The third kappa shape index (κ3) is 1.88. The number of H-pyrrole nitrogens is 1. The standard InChI is InChI=1S/C11H7N5O2/c17-11-15-10(16-18-11)8-3-6-13-9(14-8)7-1-4-12-5-2-7/h1-6H,(H,15,16,17). The lowest BCUT2D eigenvalue weighted by atomic mass is 10.2. The Bertz CT molecular complexity index is 719. The van der Waals surface area contributed by atoms with E-state index in [9.17, 15) is 4.79 Å². The number of pyridine rings is 1. The van der Waals surface area contributed by atoms with E-state index in [-0.39, 0.29) is 5.82 Å². The maximum absolute atomic E-state index is 10.9. The van der Waals surface area contributed by atoms with Crippen LogP contribution in [0.25, 0.3) is 22.9 Å². The van der Waals surface area contributed by atoms with Crippen LogP contribution in [0.15, 0.2) is 46.1 Å². The molecule has 0 radical (unpaired) electrons. The summed E-state index contributed by atoms with van der Waals surface area (Å²) < 4.78 is 4.43. The SMILES string of the molecule is O=c1[nH]c(-c2ccnc(-c3ccncc3)n2)no1. The maximum Gasteiger partial charge on any atom is 0.439 e. The van der Waals surface area contributed by atoms with Gasteiger partial charge >= 0.3 is 5.76 Å². The van der Waals surface area contributed by atoms with Gasteiger partial charge in [0.1, 0.15) is 5.69 Å². The van der Waals surface area contributed by atoms with E-state index >= 15 is 0 Å². The Morgan fingerprint density at radius 3 is 2.67 bits per heavy atom. The Hall–Kier alpha value is -2.83. The van der Waals surface area contributed by atoms with Crippen LogP contribution in [-0.4, -0.2) is 25.1 Å². The predicted molar refractivity (Wildman–Crippen MR) is 61.4 cm³/mol. The number of hydrogen-bond donors (Lipinski definition) is 1. The first-order valence-corrected chi connectivity index (χ1v) is 5.13. The van der Waals surface area contributed by atoms with Crippen molar-refractivity contribution in [2.45, 2.75) is 0 Å². The minimum Gasteiger partial charge on any atom is -0.296 e. The van der Waals surface area contributed by atoms with Crippen LogP contribution in [0.1, 0.15) is 0 Å². The number of aromatic amines is 1. The second-order valence-corrected chi connectivity index (χ2v) is 3.45. The van der Waals surface area contributed by atoms with Gasteiger partial charge in [-0.3, -0.25) is 14.5 Å². The van der Waals surface area contributed by atoms with E-state index in [4.69, 9.17) is 0 Å². The van der Waals surface area contributed by atoms with Gasteiger partial charge in [-0.05, 0) is 18.2 Å². The molecular formula is C11H7N5O2. The molecule has 0 aliphatic rings. The third-order valence-corrected chi connectivity index (χ3v) is 2.28. The summed E-state index contributed by atoms with van der Waals surface area (Å²) in [5.74, 6) is 0.186. The molecular weight excluding hydrogens is 234 g/mol. The van der Waals surface area contributed by atoms with Crippen molar-refractivity contribution >= 4 is 0 Å². The lowest BCUT2D eigenvalue weighted by Crippen LogP contribution is -1.97. The van der Waals surface area contributed by atoms with E-state index in [0.717, 1.165) is 5.56 Å². The van der Waals surface area contributed by atoms with Gasteiger partial charge in [0, 0.05) is 24.2 Å². The van der Waals surface area contributed by atoms with E-state index < -0.39 is 5.76 Å². The highest BCUT2D eigenvalue weighted by atomic mass is 16.5. The van der Waals surface area contributed by atoms with Crippen molar-refractivity contribution in [1.29, 1.82) is 0 Å². The molecule has 0 amide bonds. The average Bonchev–Trinajstić information content (AvgIpc) is 2.87. The summed E-state index contributed by atoms with van der Waals surface area (Å²) in [6, 6.07) is 5.23. The summed E-state index contributed by atoms with van der Waals surface area (Å²) in [4.78, 5) is 25.7. The summed E-state index contributed by atoms with van der Waals surface area (Å²) in [7, 11) is 0. The normalized spacial score (nSPS) is 10.4. The lowest BCUT2D eigenvalue weighted by Gasteiger charge is -2.00. The Kier molecular flexibility index (Phi) is 2.41. The highest BCUT2D eigenvalue weighted by molar-refractivity contribution is 5.57. The van der Waals surface area contributed by atoms with Gasteiger partial charge in [0.15, 0.2) is 5.82 Å². The molecule has 0 aliphatic heterocycles. The molecule has 7 nitrogen and oxygen atoms in total. The second kappa shape index (κ2) is 4.21. The Labute approximate surface area is 101 Å². The van der Waals surface area contributed by atoms with Crippen LogP contribution in [0.3, 0.4) is 0 Å². The van der Waals surface area contributed by atoms with E-state index in [1.54, 1.807) is 36.8 Å². The predicted octanol–water partition coefficient (Wildman–Crippen LogP) is 0.882. The number of hydrogen-bond acceptors (Lipinski definition) is 6. The molecule has 3 heterocycles. The van der Waals surface area contributed by atoms with Crippen molar-refractivity contribution in [3.63, 3.8) is 0 Å². The molecule has 0 atom stereocenters. The van der Waals surface area contributed by atoms with Gasteiger partial charge in [-0.2, -0.15) is 0 Å². The molecule has 88 valence electrons. The molecule has 7 heteroatoms. The molecule has 3 aromatic heterocycles. The number of rotatable bonds is 2. The van der Waals surface area contributed by atoms with Crippen molar-refractivity contribution in [2.75, 3.05) is 0 Å². The van der Waals surface area contributed by atoms with Gasteiger partial charge in [0.2, 0.25) is 5.82 Å². The molecule has 0 unspecified atom stereocenters. The first-order valence-electron chi connectivity index (χ1n) is 5.13. The van der Waals surface area contributed by atoms with Crippen molar-refractivity contribution in [3.05, 3.63) is 47.3 Å². The number of aromatic nitrogens is 5. The van der Waals surface area contributed by atoms with E-state index in [1.807, 2.05) is 0 Å². The zero-order chi connectivity index (χ0) is 12.4. The third-order valence-electron chi connectivity index (χ3n) is 2.28. The zero-order valence-electron chi connectivity index (χ0n) is 9.07. The monoisotopic (exact) mass is 241 g/mol. The first kappa shape index (κ1) is 10.3. The van der Waals surface area contributed by atoms with Gasteiger partial charge in [0.05, 0.1) is 0 Å². The van der Waals surface area contributed by atoms with Crippen LogP contribution >= 0.6 is 0 Å². The fourth-order valence-corrected chi connectivity index (χ4v) is 1.47. The summed E-state index contributed by atoms with van der Waals surface area (Å²) in [5.41, 5.74) is 1.32. The number of nitrogens with one attached hydrogen (secondary N) is 1. The second-order valence-electron chi connectivity index (χ2n) is 3.45. The first-order chi connectivity index (χ1) is 8.83. The molecule has 3 aromatic rings. The Balaban J connectivity index is 2.07. The van der Waals surface area contributed by atoms with Crippen LogP contribution in [-0.2, 0) is 0 Å². The summed E-state index contributed by atoms with van der Waals surface area (Å²) in [6.45, 7) is 0. The molecule has 1 N–H and O–H groups in total. The van der Waals surface area contributed by atoms with Crippen LogP contribution < -0.4 is 5.76 Å². The highest BCUT2D eigenvalue weighted by Crippen LogP contribution is 2.16. The quantitative estimate of drug-likeness (QED) is 0.715. The summed E-state index contributed by atoms with van der Waals surface area (Å²) in [6.07, 6.45) is 4.90. The minimum absolute atomic E-state index is 0.276. The van der Waals surface area contributed by atoms with Crippen molar-refractivity contribution in [2.24, 2.45) is 0 Å². The fourth-order valence-electron chi connectivity index (χ4n) is 1.47. The molecule has 0 spiro atoms. The zero-order valence-corrected chi connectivity index (χ0v) is 9.07. The van der Waals surface area contributed by atoms with Gasteiger partial charge in [-0.15, -0.1) is 0 Å². The van der Waals surface area contributed by atoms with Gasteiger partial charge in [-0.1, -0.05) is 5.16 Å². The van der Waals surface area contributed by atoms with Crippen LogP contribution in [0.2, 0.25) is 0 Å². The van der Waals surface area contributed by atoms with Crippen LogP contribution in [0, 0.1) is 0 Å². The molecule has 0 bridgehead atoms. The van der Waals surface area contributed by atoms with Crippen molar-refractivity contribution in [1.82, 2.24) is 25.1 Å².